The third-order valence-corrected chi connectivity index (χ3v) is 6.38. The molecule has 0 bridgehead atoms. The van der Waals surface area contributed by atoms with Crippen molar-refractivity contribution in [3.05, 3.63) is 46.9 Å². The smallest absolute Gasteiger partial charge is 0.416 e. The van der Waals surface area contributed by atoms with Crippen molar-refractivity contribution in [2.75, 3.05) is 6.54 Å². The number of hydrogen-bond acceptors (Lipinski definition) is 5. The van der Waals surface area contributed by atoms with Gasteiger partial charge in [-0.2, -0.15) is 18.2 Å². The monoisotopic (exact) mass is 491 g/mol. The molecule has 1 atom stereocenters. The fraction of sp³-hybridized carbons (Fsp3) is 0.577. The summed E-state index contributed by atoms with van der Waals surface area (Å²) in [6.45, 7) is 5.85. The molecule has 1 saturated heterocycles. The van der Waals surface area contributed by atoms with E-state index in [1.165, 1.54) is 16.5 Å². The number of alkyl halides is 3. The van der Waals surface area contributed by atoms with Gasteiger partial charge in [-0.05, 0) is 83.8 Å². The molecule has 1 aliphatic heterocycles. The minimum Gasteiger partial charge on any atom is -0.444 e. The van der Waals surface area contributed by atoms with Crippen molar-refractivity contribution < 1.29 is 27.2 Å². The number of aryl methyl sites for hydroxylation is 1. The average molecular weight is 492 g/mol. The van der Waals surface area contributed by atoms with Crippen molar-refractivity contribution in [3.8, 4) is 11.4 Å². The molecule has 2 aromatic rings. The highest BCUT2D eigenvalue weighted by Crippen LogP contribution is 2.37. The van der Waals surface area contributed by atoms with E-state index >= 15 is 0 Å². The summed E-state index contributed by atoms with van der Waals surface area (Å²) in [4.78, 5) is 18.5. The molecule has 1 aromatic heterocycles. The van der Waals surface area contributed by atoms with Gasteiger partial charge >= 0.3 is 12.3 Å². The first kappa shape index (κ1) is 25.3. The second-order valence-electron chi connectivity index (χ2n) is 10.3. The van der Waals surface area contributed by atoms with E-state index in [1.807, 2.05) is 0 Å². The van der Waals surface area contributed by atoms with Gasteiger partial charge in [0, 0.05) is 12.1 Å². The molecule has 2 heterocycles. The molecular formula is C26H32F3N3O3. The molecule has 190 valence electrons. The standard InChI is InChI=1S/C26H32F3N3O3/c1-25(2,3)34-24(33)32-15-7-10-21(32)23-30-22(31-35-23)19-14-13-18(20(16-19)26(27,28)29)12-11-17-8-5-4-6-9-17/h8,13-14,16,21H,4-7,9-12,15H2,1-3H3. The van der Waals surface area contributed by atoms with Gasteiger partial charge in [0.1, 0.15) is 11.6 Å². The highest BCUT2D eigenvalue weighted by molar-refractivity contribution is 5.69. The van der Waals surface area contributed by atoms with Crippen molar-refractivity contribution in [1.82, 2.24) is 15.0 Å². The van der Waals surface area contributed by atoms with Gasteiger partial charge in [0.05, 0.1) is 5.56 Å². The lowest BCUT2D eigenvalue weighted by Gasteiger charge is -2.26. The summed E-state index contributed by atoms with van der Waals surface area (Å²) in [5.41, 5.74) is 0.419. The Labute approximate surface area is 203 Å². The highest BCUT2D eigenvalue weighted by atomic mass is 19.4. The van der Waals surface area contributed by atoms with Crippen LogP contribution < -0.4 is 0 Å². The lowest BCUT2D eigenvalue weighted by atomic mass is 9.92. The zero-order valence-corrected chi connectivity index (χ0v) is 20.5. The van der Waals surface area contributed by atoms with E-state index < -0.39 is 29.5 Å². The molecule has 9 heteroatoms. The molecule has 0 spiro atoms. The van der Waals surface area contributed by atoms with Crippen LogP contribution in [0, 0.1) is 0 Å². The van der Waals surface area contributed by atoms with Gasteiger partial charge in [-0.1, -0.05) is 28.9 Å². The fourth-order valence-electron chi connectivity index (χ4n) is 4.67. The number of amides is 1. The van der Waals surface area contributed by atoms with Crippen LogP contribution in [0.2, 0.25) is 0 Å². The Bertz CT molecular complexity index is 1090. The quantitative estimate of drug-likeness (QED) is 0.412. The van der Waals surface area contributed by atoms with Gasteiger partial charge in [-0.3, -0.25) is 4.90 Å². The summed E-state index contributed by atoms with van der Waals surface area (Å²) >= 11 is 0. The third-order valence-electron chi connectivity index (χ3n) is 6.38. The van der Waals surface area contributed by atoms with Gasteiger partial charge < -0.3 is 9.26 Å². The molecule has 0 saturated carbocycles. The molecule has 2 aliphatic rings. The third kappa shape index (κ3) is 6.24. The Hall–Kier alpha value is -2.84. The maximum atomic E-state index is 13.9. The average Bonchev–Trinajstić information content (AvgIpc) is 3.46. The summed E-state index contributed by atoms with van der Waals surface area (Å²) in [5.74, 6) is 0.272. The van der Waals surface area contributed by atoms with E-state index in [-0.39, 0.29) is 22.8 Å². The van der Waals surface area contributed by atoms with Crippen molar-refractivity contribution >= 4 is 6.09 Å². The number of benzene rings is 1. The number of allylic oxidation sites excluding steroid dienone is 2. The number of halogens is 3. The first-order valence-electron chi connectivity index (χ1n) is 12.2. The molecule has 4 rings (SSSR count). The van der Waals surface area contributed by atoms with E-state index in [9.17, 15) is 18.0 Å². The topological polar surface area (TPSA) is 68.5 Å². The highest BCUT2D eigenvalue weighted by Gasteiger charge is 2.37. The van der Waals surface area contributed by atoms with Crippen LogP contribution in [0.3, 0.4) is 0 Å². The Kier molecular flexibility index (Phi) is 7.24. The normalized spacial score (nSPS) is 19.1. The predicted octanol–water partition coefficient (Wildman–Crippen LogP) is 7.26. The Balaban J connectivity index is 1.54. The molecule has 0 radical (unpaired) electrons. The first-order chi connectivity index (χ1) is 16.5. The van der Waals surface area contributed by atoms with Crippen molar-refractivity contribution in [1.29, 1.82) is 0 Å². The zero-order valence-electron chi connectivity index (χ0n) is 20.5. The van der Waals surface area contributed by atoms with Crippen molar-refractivity contribution in [2.24, 2.45) is 0 Å². The Morgan fingerprint density at radius 2 is 1.97 bits per heavy atom. The van der Waals surface area contributed by atoms with E-state index in [0.717, 1.165) is 38.2 Å². The largest absolute Gasteiger partial charge is 0.444 e. The van der Waals surface area contributed by atoms with Crippen molar-refractivity contribution in [2.45, 2.75) is 90.0 Å². The van der Waals surface area contributed by atoms with Crippen LogP contribution in [0.1, 0.15) is 88.8 Å². The van der Waals surface area contributed by atoms with Gasteiger partial charge in [0.2, 0.25) is 11.7 Å². The van der Waals surface area contributed by atoms with Crippen LogP contribution in [0.4, 0.5) is 18.0 Å². The van der Waals surface area contributed by atoms with E-state index in [1.54, 1.807) is 26.8 Å². The van der Waals surface area contributed by atoms with E-state index in [2.05, 4.69) is 16.2 Å². The van der Waals surface area contributed by atoms with Gasteiger partial charge in [-0.25, -0.2) is 4.79 Å². The minimum atomic E-state index is -4.49. The van der Waals surface area contributed by atoms with Crippen LogP contribution in [0.25, 0.3) is 11.4 Å². The molecule has 1 amide bonds. The van der Waals surface area contributed by atoms with Crippen LogP contribution in [0.5, 0.6) is 0 Å². The number of ether oxygens (including phenoxy) is 1. The van der Waals surface area contributed by atoms with Crippen LogP contribution in [-0.2, 0) is 17.3 Å². The number of carbonyl (C=O) groups excluding carboxylic acids is 1. The molecular weight excluding hydrogens is 459 g/mol. The second-order valence-corrected chi connectivity index (χ2v) is 10.3. The van der Waals surface area contributed by atoms with Crippen LogP contribution in [0.15, 0.2) is 34.4 Å². The first-order valence-corrected chi connectivity index (χ1v) is 12.2. The minimum absolute atomic E-state index is 0.0723. The van der Waals surface area contributed by atoms with Crippen LogP contribution in [-0.4, -0.2) is 33.3 Å². The molecule has 1 aliphatic carbocycles. The number of likely N-dealkylation sites (tertiary alicyclic amines) is 1. The number of rotatable bonds is 5. The Morgan fingerprint density at radius 1 is 1.17 bits per heavy atom. The van der Waals surface area contributed by atoms with Gasteiger partial charge in [-0.15, -0.1) is 0 Å². The lowest BCUT2D eigenvalue weighted by Crippen LogP contribution is -2.36. The van der Waals surface area contributed by atoms with E-state index in [0.29, 0.717) is 25.8 Å². The SMILES string of the molecule is CC(C)(C)OC(=O)N1CCCC1c1nc(-c2ccc(CCC3=CCCCC3)c(C(F)(F)F)c2)no1. The molecule has 35 heavy (non-hydrogen) atoms. The number of carbonyl (C=O) groups is 1. The lowest BCUT2D eigenvalue weighted by molar-refractivity contribution is -0.138. The summed E-state index contributed by atoms with van der Waals surface area (Å²) in [7, 11) is 0. The molecule has 0 N–H and O–H groups in total. The van der Waals surface area contributed by atoms with Crippen molar-refractivity contribution in [3.63, 3.8) is 0 Å². The Morgan fingerprint density at radius 3 is 2.66 bits per heavy atom. The summed E-state index contributed by atoms with van der Waals surface area (Å²) in [5, 5.41) is 3.93. The summed E-state index contributed by atoms with van der Waals surface area (Å²) < 4.78 is 52.6. The summed E-state index contributed by atoms with van der Waals surface area (Å²) in [6, 6.07) is 3.75. The number of hydrogen-bond donors (Lipinski definition) is 0. The second kappa shape index (κ2) is 10.0. The fourth-order valence-corrected chi connectivity index (χ4v) is 4.67. The zero-order chi connectivity index (χ0) is 25.2. The number of aromatic nitrogens is 2. The molecule has 1 aromatic carbocycles. The summed E-state index contributed by atoms with van der Waals surface area (Å²) in [6.07, 6.45) is 3.75. The van der Waals surface area contributed by atoms with Gasteiger partial charge in [0.25, 0.3) is 0 Å². The maximum absolute atomic E-state index is 13.9. The molecule has 6 nitrogen and oxygen atoms in total. The molecule has 1 fully saturated rings. The molecule has 1 unspecified atom stereocenters. The predicted molar refractivity (Wildman–Crippen MR) is 125 cm³/mol. The maximum Gasteiger partial charge on any atom is 0.416 e. The van der Waals surface area contributed by atoms with E-state index in [4.69, 9.17) is 9.26 Å². The van der Waals surface area contributed by atoms with Crippen LogP contribution >= 0.6 is 0 Å². The number of nitrogens with zero attached hydrogens (tertiary/aromatic N) is 3. The van der Waals surface area contributed by atoms with Gasteiger partial charge in [0.15, 0.2) is 0 Å².